The number of rotatable bonds is 7. The molecule has 0 bridgehead atoms. The molecule has 2 heterocycles. The second-order valence-electron chi connectivity index (χ2n) is 14.9. The van der Waals surface area contributed by atoms with Crippen LogP contribution in [0.2, 0.25) is 0 Å². The maximum absolute atomic E-state index is 5.24. The van der Waals surface area contributed by atoms with Crippen LogP contribution in [0.25, 0.3) is 51.0 Å². The first-order chi connectivity index (χ1) is 27.7. The van der Waals surface area contributed by atoms with Gasteiger partial charge in [0.1, 0.15) is 11.6 Å². The summed E-state index contributed by atoms with van der Waals surface area (Å²) in [4.78, 5) is 20.3. The summed E-state index contributed by atoms with van der Waals surface area (Å²) >= 11 is 0. The van der Waals surface area contributed by atoms with Gasteiger partial charge in [-0.2, -0.15) is 0 Å². The maximum atomic E-state index is 5.24. The van der Waals surface area contributed by atoms with Crippen LogP contribution in [0.3, 0.4) is 0 Å². The zero-order valence-corrected chi connectivity index (χ0v) is 31.0. The first-order valence-electron chi connectivity index (χ1n) is 19.6. The summed E-state index contributed by atoms with van der Waals surface area (Å²) in [5, 5.41) is 0. The molecule has 0 spiro atoms. The van der Waals surface area contributed by atoms with Crippen molar-refractivity contribution in [3.8, 4) is 33.8 Å². The molecule has 3 atom stereocenters. The van der Waals surface area contributed by atoms with E-state index in [4.69, 9.17) is 19.9 Å². The molecule has 4 nitrogen and oxygen atoms in total. The van der Waals surface area contributed by atoms with E-state index in [0.29, 0.717) is 0 Å². The second kappa shape index (κ2) is 14.8. The summed E-state index contributed by atoms with van der Waals surface area (Å²) in [5.41, 5.74) is 14.4. The van der Waals surface area contributed by atoms with E-state index in [1.54, 1.807) is 0 Å². The lowest BCUT2D eigenvalue weighted by Gasteiger charge is -2.30. The van der Waals surface area contributed by atoms with E-state index in [-0.39, 0.29) is 17.8 Å². The van der Waals surface area contributed by atoms with Crippen molar-refractivity contribution in [3.05, 3.63) is 222 Å². The molecular weight excluding hydrogens is 681 g/mol. The van der Waals surface area contributed by atoms with E-state index < -0.39 is 0 Å². The summed E-state index contributed by atoms with van der Waals surface area (Å²) in [6.45, 7) is 0. The van der Waals surface area contributed by atoms with E-state index in [0.717, 1.165) is 59.3 Å². The third-order valence-corrected chi connectivity index (χ3v) is 11.3. The van der Waals surface area contributed by atoms with Gasteiger partial charge >= 0.3 is 0 Å². The molecule has 10 rings (SSSR count). The molecule has 56 heavy (non-hydrogen) atoms. The molecule has 3 unspecified atom stereocenters. The van der Waals surface area contributed by atoms with Crippen LogP contribution in [0.4, 0.5) is 0 Å². The van der Waals surface area contributed by atoms with Crippen molar-refractivity contribution in [1.29, 1.82) is 0 Å². The smallest absolute Gasteiger partial charge is 0.163 e. The average molecular weight is 721 g/mol. The van der Waals surface area contributed by atoms with Crippen LogP contribution in [0.15, 0.2) is 188 Å². The lowest BCUT2D eigenvalue weighted by molar-refractivity contribution is 0.700. The summed E-state index contributed by atoms with van der Waals surface area (Å²) in [5.74, 6) is 2.84. The van der Waals surface area contributed by atoms with Gasteiger partial charge < -0.3 is 0 Å². The topological polar surface area (TPSA) is 51.6 Å². The number of aromatic nitrogens is 4. The molecule has 0 saturated heterocycles. The fourth-order valence-electron chi connectivity index (χ4n) is 8.38. The lowest BCUT2D eigenvalue weighted by Crippen LogP contribution is -2.14. The van der Waals surface area contributed by atoms with Crippen LogP contribution in [0, 0.1) is 0 Å². The molecule has 2 aromatic heterocycles. The monoisotopic (exact) mass is 720 g/mol. The standard InChI is InChI=1S/C52H40N4/c1-5-14-36(15-6-1)46-34-48(38-16-7-2-8-17-38)53-47-31-30-37-26-29-44(33-45(37)49(46)47)43-23-13-22-42(32-43)35-24-27-41(28-25-35)52-55-50(39-18-9-3-10-19-39)54-51(56-52)40-20-11-4-12-21-40/h1-20,22-27,29-32,34,40-41,45H,21,28,33H2. The summed E-state index contributed by atoms with van der Waals surface area (Å²) in [7, 11) is 0. The van der Waals surface area contributed by atoms with E-state index in [2.05, 4.69) is 170 Å². The lowest BCUT2D eigenvalue weighted by atomic mass is 9.74. The number of hydrogen-bond acceptors (Lipinski definition) is 4. The first-order valence-corrected chi connectivity index (χ1v) is 19.6. The molecule has 0 aliphatic heterocycles. The molecule has 6 aromatic rings. The highest BCUT2D eigenvalue weighted by Crippen LogP contribution is 2.47. The molecule has 0 fully saturated rings. The Hall–Kier alpha value is -6.78. The molecule has 4 aliphatic carbocycles. The number of fused-ring (bicyclic) bond motifs is 3. The van der Waals surface area contributed by atoms with Crippen molar-refractivity contribution in [2.75, 3.05) is 0 Å². The summed E-state index contributed by atoms with van der Waals surface area (Å²) in [6.07, 6.45) is 27.2. The van der Waals surface area contributed by atoms with Gasteiger partial charge in [-0.1, -0.05) is 170 Å². The molecule has 0 saturated carbocycles. The van der Waals surface area contributed by atoms with Gasteiger partial charge in [-0.3, -0.25) is 0 Å². The average Bonchev–Trinajstić information content (AvgIpc) is 3.29. The third kappa shape index (κ3) is 6.64. The van der Waals surface area contributed by atoms with Gasteiger partial charge in [-0.25, -0.2) is 19.9 Å². The minimum atomic E-state index is 0.0770. The van der Waals surface area contributed by atoms with Gasteiger partial charge in [0.15, 0.2) is 5.82 Å². The predicted molar refractivity (Wildman–Crippen MR) is 229 cm³/mol. The molecular formula is C52H40N4. The largest absolute Gasteiger partial charge is 0.248 e. The second-order valence-corrected chi connectivity index (χ2v) is 14.9. The third-order valence-electron chi connectivity index (χ3n) is 11.3. The number of allylic oxidation sites excluding steroid dienone is 13. The summed E-state index contributed by atoms with van der Waals surface area (Å²) < 4.78 is 0. The van der Waals surface area contributed by atoms with Crippen LogP contribution in [0.5, 0.6) is 0 Å². The quantitative estimate of drug-likeness (QED) is 0.165. The van der Waals surface area contributed by atoms with Crippen LogP contribution >= 0.6 is 0 Å². The van der Waals surface area contributed by atoms with Gasteiger partial charge in [0.25, 0.3) is 0 Å². The van der Waals surface area contributed by atoms with Gasteiger partial charge in [-0.15, -0.1) is 0 Å². The molecule has 4 aromatic carbocycles. The highest BCUT2D eigenvalue weighted by atomic mass is 15.0. The van der Waals surface area contributed by atoms with Crippen molar-refractivity contribution in [1.82, 2.24) is 19.9 Å². The SMILES string of the molecule is C1=CCC(c2nc(-c3ccccc3)nc(C3C=CC(c4cccc(C5=CC=C6C=Cc7nc(-c8ccccc8)cc(-c8ccccc8)c7C6C5)c4)=CC3)n2)C=C1. The number of benzene rings is 4. The van der Waals surface area contributed by atoms with Crippen LogP contribution in [-0.4, -0.2) is 19.9 Å². The Labute approximate surface area is 328 Å². The zero-order chi connectivity index (χ0) is 37.3. The van der Waals surface area contributed by atoms with Crippen molar-refractivity contribution in [2.24, 2.45) is 0 Å². The molecule has 4 heteroatoms. The molecule has 0 amide bonds. The maximum Gasteiger partial charge on any atom is 0.163 e. The van der Waals surface area contributed by atoms with Gasteiger partial charge in [0, 0.05) is 28.9 Å². The fourth-order valence-corrected chi connectivity index (χ4v) is 8.38. The highest BCUT2D eigenvalue weighted by Gasteiger charge is 2.30. The zero-order valence-electron chi connectivity index (χ0n) is 31.0. The Kier molecular flexibility index (Phi) is 8.93. The Balaban J connectivity index is 0.931. The van der Waals surface area contributed by atoms with Crippen molar-refractivity contribution in [3.63, 3.8) is 0 Å². The van der Waals surface area contributed by atoms with E-state index >= 15 is 0 Å². The Morgan fingerprint density at radius 3 is 1.93 bits per heavy atom. The van der Waals surface area contributed by atoms with Crippen molar-refractivity contribution < 1.29 is 0 Å². The molecule has 268 valence electrons. The predicted octanol–water partition coefficient (Wildman–Crippen LogP) is 12.5. The van der Waals surface area contributed by atoms with Gasteiger partial charge in [0.2, 0.25) is 0 Å². The Morgan fingerprint density at radius 2 is 1.21 bits per heavy atom. The fraction of sp³-hybridized carbons (Fsp3) is 0.115. The Morgan fingerprint density at radius 1 is 0.518 bits per heavy atom. The van der Waals surface area contributed by atoms with Crippen molar-refractivity contribution >= 4 is 17.2 Å². The number of pyridine rings is 1. The number of hydrogen-bond donors (Lipinski definition) is 0. The van der Waals surface area contributed by atoms with E-state index in [9.17, 15) is 0 Å². The van der Waals surface area contributed by atoms with E-state index in [1.165, 1.54) is 44.5 Å². The van der Waals surface area contributed by atoms with Crippen LogP contribution in [0.1, 0.15) is 71.0 Å². The minimum Gasteiger partial charge on any atom is -0.248 e. The van der Waals surface area contributed by atoms with E-state index in [1.807, 2.05) is 18.2 Å². The van der Waals surface area contributed by atoms with Crippen molar-refractivity contribution in [2.45, 2.75) is 37.0 Å². The Bertz CT molecular complexity index is 2660. The highest BCUT2D eigenvalue weighted by molar-refractivity contribution is 5.84. The normalized spacial score (nSPS) is 19.4. The first kappa shape index (κ1) is 33.8. The van der Waals surface area contributed by atoms with Gasteiger partial charge in [0.05, 0.1) is 11.4 Å². The molecule has 4 aliphatic rings. The molecule has 0 radical (unpaired) electrons. The number of nitrogens with zero attached hydrogens (tertiary/aromatic N) is 4. The van der Waals surface area contributed by atoms with Crippen LogP contribution < -0.4 is 0 Å². The van der Waals surface area contributed by atoms with Gasteiger partial charge in [-0.05, 0) is 82.0 Å². The molecule has 0 N–H and O–H groups in total. The summed E-state index contributed by atoms with van der Waals surface area (Å²) in [6, 6.07) is 42.9. The van der Waals surface area contributed by atoms with Crippen LogP contribution in [-0.2, 0) is 0 Å². The minimum absolute atomic E-state index is 0.0770.